The van der Waals surface area contributed by atoms with Crippen molar-refractivity contribution in [2.24, 2.45) is 17.8 Å². The summed E-state index contributed by atoms with van der Waals surface area (Å²) in [5.41, 5.74) is 0. The second-order valence-corrected chi connectivity index (χ2v) is 33.5. The summed E-state index contributed by atoms with van der Waals surface area (Å²) in [6.45, 7) is 11.9. The standard InChI is InChI=1S/C81H158O17P2/c1-8-9-10-11-12-13-14-15-23-26-34-41-48-55-62-78(83)91-68-76(97-80(85)64-57-50-43-35-27-24-21-19-17-16-18-20-22-25-31-38-45-52-59-72(2)3)70-95-99(87,88)93-66-75(82)67-94-100(89,90)96-71-77(69-92-79(84)63-56-49-42-37-30-33-40-47-54-61-74(6)7)98-81(86)65-58-51-44-36-29-28-32-39-46-53-60-73(4)5/h72-77,82H,8-71H2,1-7H3,(H,87,88)(H,89,90)/t75-,76-,77-/m1/s1. The lowest BCUT2D eigenvalue weighted by Gasteiger charge is -2.21. The van der Waals surface area contributed by atoms with Gasteiger partial charge in [-0.3, -0.25) is 37.3 Å². The number of ether oxygens (including phenoxy) is 4. The number of aliphatic hydroxyl groups is 1. The van der Waals surface area contributed by atoms with E-state index in [1.165, 1.54) is 231 Å². The van der Waals surface area contributed by atoms with E-state index in [9.17, 15) is 43.2 Å². The number of carbonyl (C=O) groups excluding carboxylic acids is 4. The highest BCUT2D eigenvalue weighted by molar-refractivity contribution is 7.47. The summed E-state index contributed by atoms with van der Waals surface area (Å²) in [7, 11) is -9.92. The topological polar surface area (TPSA) is 237 Å². The van der Waals surface area contributed by atoms with Gasteiger partial charge in [0.05, 0.1) is 26.4 Å². The maximum Gasteiger partial charge on any atom is 0.472 e. The highest BCUT2D eigenvalue weighted by atomic mass is 31.2. The van der Waals surface area contributed by atoms with Crippen LogP contribution in [0.25, 0.3) is 0 Å². The Hall–Kier alpha value is -1.94. The van der Waals surface area contributed by atoms with Crippen LogP contribution in [0.3, 0.4) is 0 Å². The molecular weight excluding hydrogens is 1310 g/mol. The first-order chi connectivity index (χ1) is 48.2. The molecule has 0 amide bonds. The van der Waals surface area contributed by atoms with Crippen molar-refractivity contribution in [3.8, 4) is 0 Å². The van der Waals surface area contributed by atoms with Crippen LogP contribution >= 0.6 is 15.6 Å². The lowest BCUT2D eigenvalue weighted by Crippen LogP contribution is -2.30. The van der Waals surface area contributed by atoms with Crippen LogP contribution in [0.15, 0.2) is 0 Å². The lowest BCUT2D eigenvalue weighted by atomic mass is 10.0. The Morgan fingerprint density at radius 1 is 0.270 bits per heavy atom. The zero-order valence-electron chi connectivity index (χ0n) is 65.7. The fourth-order valence-corrected chi connectivity index (χ4v) is 14.1. The van der Waals surface area contributed by atoms with E-state index in [-0.39, 0.29) is 25.7 Å². The van der Waals surface area contributed by atoms with Crippen LogP contribution in [-0.4, -0.2) is 96.7 Å². The maximum atomic E-state index is 13.1. The van der Waals surface area contributed by atoms with Gasteiger partial charge in [-0.2, -0.15) is 0 Å². The summed E-state index contributed by atoms with van der Waals surface area (Å²) in [6, 6.07) is 0. The minimum Gasteiger partial charge on any atom is -0.462 e. The molecule has 594 valence electrons. The fraction of sp³-hybridized carbons (Fsp3) is 0.951. The first-order valence-corrected chi connectivity index (χ1v) is 44.8. The molecule has 3 N–H and O–H groups in total. The Kier molecular flexibility index (Phi) is 69.9. The Labute approximate surface area is 613 Å². The molecule has 0 aliphatic heterocycles. The predicted octanol–water partition coefficient (Wildman–Crippen LogP) is 24.1. The number of unbranched alkanes of at least 4 members (excludes halogenated alkanes) is 47. The van der Waals surface area contributed by atoms with Crippen LogP contribution in [0.1, 0.15) is 421 Å². The van der Waals surface area contributed by atoms with Gasteiger partial charge in [0.1, 0.15) is 19.3 Å². The van der Waals surface area contributed by atoms with Crippen LogP contribution in [0, 0.1) is 17.8 Å². The molecule has 0 saturated carbocycles. The summed E-state index contributed by atoms with van der Waals surface area (Å²) in [5, 5.41) is 10.6. The summed E-state index contributed by atoms with van der Waals surface area (Å²) in [6.07, 6.45) is 59.7. The van der Waals surface area contributed by atoms with Crippen molar-refractivity contribution in [3.63, 3.8) is 0 Å². The van der Waals surface area contributed by atoms with Gasteiger partial charge in [-0.05, 0) is 43.4 Å². The Morgan fingerprint density at radius 3 is 0.680 bits per heavy atom. The Bertz CT molecular complexity index is 1940. The zero-order valence-corrected chi connectivity index (χ0v) is 67.5. The van der Waals surface area contributed by atoms with Gasteiger partial charge < -0.3 is 33.8 Å². The molecule has 0 fully saturated rings. The van der Waals surface area contributed by atoms with Gasteiger partial charge in [0.2, 0.25) is 0 Å². The molecule has 5 atom stereocenters. The first-order valence-electron chi connectivity index (χ1n) is 41.8. The third-order valence-electron chi connectivity index (χ3n) is 18.9. The number of hydrogen-bond donors (Lipinski definition) is 3. The number of phosphoric acid groups is 2. The van der Waals surface area contributed by atoms with Gasteiger partial charge in [-0.25, -0.2) is 9.13 Å². The molecule has 0 bridgehead atoms. The molecule has 17 nitrogen and oxygen atoms in total. The van der Waals surface area contributed by atoms with Gasteiger partial charge in [0, 0.05) is 25.7 Å². The minimum absolute atomic E-state index is 0.106. The molecule has 0 aromatic rings. The maximum absolute atomic E-state index is 13.1. The molecule has 0 spiro atoms. The highest BCUT2D eigenvalue weighted by Crippen LogP contribution is 2.45. The van der Waals surface area contributed by atoms with Crippen LogP contribution in [0.5, 0.6) is 0 Å². The van der Waals surface area contributed by atoms with Crippen molar-refractivity contribution < 1.29 is 80.2 Å². The molecule has 0 radical (unpaired) electrons. The van der Waals surface area contributed by atoms with E-state index < -0.39 is 97.5 Å². The van der Waals surface area contributed by atoms with Crippen LogP contribution < -0.4 is 0 Å². The second-order valence-electron chi connectivity index (χ2n) is 30.6. The van der Waals surface area contributed by atoms with Crippen molar-refractivity contribution >= 4 is 39.5 Å². The van der Waals surface area contributed by atoms with Crippen LogP contribution in [-0.2, 0) is 65.4 Å². The predicted molar refractivity (Wildman–Crippen MR) is 409 cm³/mol. The number of phosphoric ester groups is 2. The van der Waals surface area contributed by atoms with Crippen LogP contribution in [0.2, 0.25) is 0 Å². The summed E-state index contributed by atoms with van der Waals surface area (Å²) in [4.78, 5) is 73.0. The number of carbonyl (C=O) groups is 4. The van der Waals surface area contributed by atoms with E-state index >= 15 is 0 Å². The molecule has 0 saturated heterocycles. The molecule has 0 aliphatic rings. The number of rotatable bonds is 79. The average Bonchev–Trinajstić information content (AvgIpc) is 0.952. The van der Waals surface area contributed by atoms with Gasteiger partial charge in [-0.1, -0.05) is 370 Å². The highest BCUT2D eigenvalue weighted by Gasteiger charge is 2.30. The second kappa shape index (κ2) is 71.3. The van der Waals surface area contributed by atoms with E-state index in [0.717, 1.165) is 108 Å². The van der Waals surface area contributed by atoms with Crippen molar-refractivity contribution in [2.75, 3.05) is 39.6 Å². The Balaban J connectivity index is 5.23. The van der Waals surface area contributed by atoms with E-state index in [2.05, 4.69) is 48.5 Å². The molecule has 19 heteroatoms. The fourth-order valence-electron chi connectivity index (χ4n) is 12.5. The number of aliphatic hydroxyl groups excluding tert-OH is 1. The SMILES string of the molecule is CCCCCCCCCCCCCCCCC(=O)OC[C@H](COP(=O)(O)OC[C@@H](O)COP(=O)(O)OC[C@@H](COC(=O)CCCCCCCCCCCC(C)C)OC(=O)CCCCCCCCCCCCC(C)C)OC(=O)CCCCCCCCCCCCCCCCCCCCC(C)C. The number of esters is 4. The quantitative estimate of drug-likeness (QED) is 0.0222. The van der Waals surface area contributed by atoms with Gasteiger partial charge >= 0.3 is 39.5 Å². The monoisotopic (exact) mass is 1470 g/mol. The smallest absolute Gasteiger partial charge is 0.462 e. The molecule has 0 aromatic heterocycles. The van der Waals surface area contributed by atoms with Gasteiger partial charge in [0.15, 0.2) is 12.2 Å². The molecule has 100 heavy (non-hydrogen) atoms. The van der Waals surface area contributed by atoms with Crippen molar-refractivity contribution in [1.29, 1.82) is 0 Å². The van der Waals surface area contributed by atoms with Crippen LogP contribution in [0.4, 0.5) is 0 Å². The molecule has 0 aliphatic carbocycles. The first kappa shape index (κ1) is 98.1. The normalized spacial score (nSPS) is 14.0. The number of hydrogen-bond acceptors (Lipinski definition) is 15. The third-order valence-corrected chi connectivity index (χ3v) is 20.8. The zero-order chi connectivity index (χ0) is 73.7. The van der Waals surface area contributed by atoms with E-state index in [4.69, 9.17) is 37.0 Å². The molecular formula is C81H158O17P2. The molecule has 2 unspecified atom stereocenters. The molecule has 0 rings (SSSR count). The van der Waals surface area contributed by atoms with Crippen molar-refractivity contribution in [3.05, 3.63) is 0 Å². The summed E-state index contributed by atoms with van der Waals surface area (Å²) in [5.74, 6) is 0.206. The molecule has 0 aromatic carbocycles. The third kappa shape index (κ3) is 74.3. The average molecular weight is 1470 g/mol. The molecule has 0 heterocycles. The largest absolute Gasteiger partial charge is 0.472 e. The van der Waals surface area contributed by atoms with Gasteiger partial charge in [-0.15, -0.1) is 0 Å². The van der Waals surface area contributed by atoms with Gasteiger partial charge in [0.25, 0.3) is 0 Å². The lowest BCUT2D eigenvalue weighted by molar-refractivity contribution is -0.161. The van der Waals surface area contributed by atoms with E-state index in [0.29, 0.717) is 25.7 Å². The minimum atomic E-state index is -4.96. The van der Waals surface area contributed by atoms with E-state index in [1.54, 1.807) is 0 Å². The van der Waals surface area contributed by atoms with Crippen molar-refractivity contribution in [1.82, 2.24) is 0 Å². The summed E-state index contributed by atoms with van der Waals surface area (Å²) < 4.78 is 68.7. The Morgan fingerprint density at radius 2 is 0.460 bits per heavy atom. The van der Waals surface area contributed by atoms with E-state index in [1.807, 2.05) is 0 Å². The van der Waals surface area contributed by atoms with Crippen molar-refractivity contribution in [2.45, 2.75) is 439 Å². The summed E-state index contributed by atoms with van der Waals surface area (Å²) >= 11 is 0.